The molecule has 0 atom stereocenters. The van der Waals surface area contributed by atoms with E-state index in [4.69, 9.17) is 23.2 Å². The first-order chi connectivity index (χ1) is 8.97. The summed E-state index contributed by atoms with van der Waals surface area (Å²) in [6, 6.07) is 4.70. The van der Waals surface area contributed by atoms with Gasteiger partial charge in [0, 0.05) is 11.5 Å². The topological polar surface area (TPSA) is 54.9 Å². The number of carbonyl (C=O) groups excluding carboxylic acids is 1. The smallest absolute Gasteiger partial charge is 0.257 e. The van der Waals surface area contributed by atoms with Gasteiger partial charge in [0.05, 0.1) is 10.0 Å². The Labute approximate surface area is 124 Å². The second-order valence-corrected chi connectivity index (χ2v) is 6.01. The Bertz CT molecular complexity index is 613. The minimum atomic E-state index is -0.287. The van der Waals surface area contributed by atoms with Crippen LogP contribution in [-0.2, 0) is 0 Å². The zero-order valence-electron chi connectivity index (χ0n) is 10.3. The van der Waals surface area contributed by atoms with Gasteiger partial charge in [0.25, 0.3) is 5.91 Å². The first-order valence-corrected chi connectivity index (χ1v) is 7.14. The van der Waals surface area contributed by atoms with E-state index < -0.39 is 0 Å². The average molecular weight is 316 g/mol. The highest BCUT2D eigenvalue weighted by atomic mass is 35.5. The number of nitrogens with zero attached hydrogens (tertiary/aromatic N) is 2. The molecular weight excluding hydrogens is 305 g/mol. The quantitative estimate of drug-likeness (QED) is 0.922. The van der Waals surface area contributed by atoms with Crippen molar-refractivity contribution in [2.75, 3.05) is 5.32 Å². The zero-order chi connectivity index (χ0) is 14.0. The standard InChI is InChI=1S/C12H11Cl2N3OS/c1-6(2)11-16-17-12(19-11)15-10(18)7-3-4-8(13)9(14)5-7/h3-6H,1-2H3,(H,15,17,18). The third kappa shape index (κ3) is 3.43. The van der Waals surface area contributed by atoms with Crippen LogP contribution in [0.5, 0.6) is 0 Å². The monoisotopic (exact) mass is 315 g/mol. The molecule has 4 nitrogen and oxygen atoms in total. The number of hydrogen-bond acceptors (Lipinski definition) is 4. The van der Waals surface area contributed by atoms with E-state index in [1.807, 2.05) is 13.8 Å². The predicted octanol–water partition coefficient (Wildman–Crippen LogP) is 4.22. The number of nitrogens with one attached hydrogen (secondary N) is 1. The Balaban J connectivity index is 2.13. The first kappa shape index (κ1) is 14.2. The molecule has 2 aromatic rings. The average Bonchev–Trinajstić information content (AvgIpc) is 2.81. The molecule has 1 aromatic carbocycles. The molecular formula is C12H11Cl2N3OS. The van der Waals surface area contributed by atoms with E-state index in [9.17, 15) is 4.79 Å². The second-order valence-electron chi connectivity index (χ2n) is 4.18. The molecule has 0 saturated heterocycles. The van der Waals surface area contributed by atoms with Gasteiger partial charge in [-0.1, -0.05) is 48.4 Å². The predicted molar refractivity (Wildman–Crippen MR) is 78.4 cm³/mol. The number of rotatable bonds is 3. The molecule has 100 valence electrons. The summed E-state index contributed by atoms with van der Waals surface area (Å²) in [5, 5.41) is 12.7. The fourth-order valence-corrected chi connectivity index (χ4v) is 2.36. The number of amides is 1. The summed E-state index contributed by atoms with van der Waals surface area (Å²) in [6.07, 6.45) is 0. The van der Waals surface area contributed by atoms with Crippen LogP contribution in [0.3, 0.4) is 0 Å². The molecule has 1 amide bonds. The molecule has 0 fully saturated rings. The van der Waals surface area contributed by atoms with Gasteiger partial charge in [0.1, 0.15) is 5.01 Å². The van der Waals surface area contributed by atoms with Crippen molar-refractivity contribution in [2.45, 2.75) is 19.8 Å². The van der Waals surface area contributed by atoms with Crippen molar-refractivity contribution < 1.29 is 4.79 Å². The summed E-state index contributed by atoms with van der Waals surface area (Å²) in [5.41, 5.74) is 0.427. The van der Waals surface area contributed by atoms with Crippen LogP contribution >= 0.6 is 34.5 Å². The van der Waals surface area contributed by atoms with Crippen LogP contribution in [0.15, 0.2) is 18.2 Å². The lowest BCUT2D eigenvalue weighted by molar-refractivity contribution is 0.102. The van der Waals surface area contributed by atoms with Crippen LogP contribution in [0.4, 0.5) is 5.13 Å². The van der Waals surface area contributed by atoms with Gasteiger partial charge in [-0.2, -0.15) is 0 Å². The van der Waals surface area contributed by atoms with Gasteiger partial charge in [0.2, 0.25) is 5.13 Å². The highest BCUT2D eigenvalue weighted by Crippen LogP contribution is 2.25. The molecule has 0 aliphatic rings. The van der Waals surface area contributed by atoms with Crippen molar-refractivity contribution in [3.05, 3.63) is 38.8 Å². The van der Waals surface area contributed by atoms with Gasteiger partial charge in [0.15, 0.2) is 0 Å². The third-order valence-electron chi connectivity index (χ3n) is 2.34. The maximum absolute atomic E-state index is 12.0. The van der Waals surface area contributed by atoms with Gasteiger partial charge >= 0.3 is 0 Å². The Hall–Kier alpha value is -1.17. The highest BCUT2D eigenvalue weighted by Gasteiger charge is 2.12. The zero-order valence-corrected chi connectivity index (χ0v) is 12.6. The molecule has 7 heteroatoms. The third-order valence-corrected chi connectivity index (χ3v) is 4.22. The lowest BCUT2D eigenvalue weighted by Crippen LogP contribution is -2.11. The van der Waals surface area contributed by atoms with E-state index >= 15 is 0 Å². The minimum absolute atomic E-state index is 0.285. The van der Waals surface area contributed by atoms with Gasteiger partial charge in [-0.3, -0.25) is 10.1 Å². The van der Waals surface area contributed by atoms with Crippen LogP contribution in [0.25, 0.3) is 0 Å². The van der Waals surface area contributed by atoms with Gasteiger partial charge in [-0.25, -0.2) is 0 Å². The Kier molecular flexibility index (Phi) is 4.39. The molecule has 0 spiro atoms. The van der Waals surface area contributed by atoms with Crippen LogP contribution < -0.4 is 5.32 Å². The molecule has 0 radical (unpaired) electrons. The molecule has 0 aliphatic carbocycles. The van der Waals surface area contributed by atoms with E-state index in [0.29, 0.717) is 20.7 Å². The fourth-order valence-electron chi connectivity index (χ4n) is 1.33. The van der Waals surface area contributed by atoms with Crippen LogP contribution in [0.1, 0.15) is 35.1 Å². The largest absolute Gasteiger partial charge is 0.296 e. The molecule has 0 unspecified atom stereocenters. The van der Waals surface area contributed by atoms with Crippen molar-refractivity contribution >= 4 is 45.6 Å². The normalized spacial score (nSPS) is 10.8. The fraction of sp³-hybridized carbons (Fsp3) is 0.250. The summed E-state index contributed by atoms with van der Waals surface area (Å²) in [7, 11) is 0. The number of hydrogen-bond donors (Lipinski definition) is 1. The lowest BCUT2D eigenvalue weighted by Gasteiger charge is -2.02. The summed E-state index contributed by atoms with van der Waals surface area (Å²) in [6.45, 7) is 4.04. The van der Waals surface area contributed by atoms with E-state index in [1.165, 1.54) is 17.4 Å². The van der Waals surface area contributed by atoms with Crippen molar-refractivity contribution in [1.29, 1.82) is 0 Å². The van der Waals surface area contributed by atoms with Crippen LogP contribution in [0.2, 0.25) is 10.0 Å². The number of carbonyl (C=O) groups is 1. The molecule has 1 N–H and O–H groups in total. The van der Waals surface area contributed by atoms with Gasteiger partial charge in [-0.15, -0.1) is 10.2 Å². The minimum Gasteiger partial charge on any atom is -0.296 e. The second kappa shape index (κ2) is 5.86. The number of halogens is 2. The van der Waals surface area contributed by atoms with Crippen molar-refractivity contribution in [2.24, 2.45) is 0 Å². The number of aromatic nitrogens is 2. The summed E-state index contributed by atoms with van der Waals surface area (Å²) < 4.78 is 0. The van der Waals surface area contributed by atoms with Crippen molar-refractivity contribution in [1.82, 2.24) is 10.2 Å². The number of benzene rings is 1. The van der Waals surface area contributed by atoms with E-state index in [0.717, 1.165) is 5.01 Å². The molecule has 1 heterocycles. The van der Waals surface area contributed by atoms with E-state index in [-0.39, 0.29) is 11.8 Å². The molecule has 0 aliphatic heterocycles. The molecule has 0 bridgehead atoms. The van der Waals surface area contributed by atoms with Gasteiger partial charge in [-0.05, 0) is 18.2 Å². The first-order valence-electron chi connectivity index (χ1n) is 5.57. The molecule has 2 rings (SSSR count). The van der Waals surface area contributed by atoms with Crippen LogP contribution in [-0.4, -0.2) is 16.1 Å². The summed E-state index contributed by atoms with van der Waals surface area (Å²) in [4.78, 5) is 12.0. The summed E-state index contributed by atoms with van der Waals surface area (Å²) >= 11 is 13.0. The van der Waals surface area contributed by atoms with Gasteiger partial charge < -0.3 is 0 Å². The highest BCUT2D eigenvalue weighted by molar-refractivity contribution is 7.15. The summed E-state index contributed by atoms with van der Waals surface area (Å²) in [5.74, 6) is -0.00171. The molecule has 1 aromatic heterocycles. The van der Waals surface area contributed by atoms with Crippen molar-refractivity contribution in [3.63, 3.8) is 0 Å². The Morgan fingerprint density at radius 2 is 2.00 bits per heavy atom. The SMILES string of the molecule is CC(C)c1nnc(NC(=O)c2ccc(Cl)c(Cl)c2)s1. The Morgan fingerprint density at radius 3 is 2.58 bits per heavy atom. The Morgan fingerprint density at radius 1 is 1.26 bits per heavy atom. The maximum Gasteiger partial charge on any atom is 0.257 e. The lowest BCUT2D eigenvalue weighted by atomic mass is 10.2. The molecule has 19 heavy (non-hydrogen) atoms. The maximum atomic E-state index is 12.0. The van der Waals surface area contributed by atoms with Crippen molar-refractivity contribution in [3.8, 4) is 0 Å². The van der Waals surface area contributed by atoms with E-state index in [1.54, 1.807) is 12.1 Å². The number of anilines is 1. The van der Waals surface area contributed by atoms with Crippen LogP contribution in [0, 0.1) is 0 Å². The molecule has 0 saturated carbocycles. The van der Waals surface area contributed by atoms with E-state index in [2.05, 4.69) is 15.5 Å².